The van der Waals surface area contributed by atoms with E-state index in [2.05, 4.69) is 5.32 Å². The van der Waals surface area contributed by atoms with Gasteiger partial charge in [-0.2, -0.15) is 0 Å². The van der Waals surface area contributed by atoms with Gasteiger partial charge in [0.25, 0.3) is 0 Å². The van der Waals surface area contributed by atoms with E-state index in [1.807, 2.05) is 13.8 Å². The molecule has 1 rings (SSSR count). The molecule has 0 aromatic heterocycles. The molecule has 0 aromatic carbocycles. The average Bonchev–Trinajstić information content (AvgIpc) is 2.43. The lowest BCUT2D eigenvalue weighted by atomic mass is 10.1. The summed E-state index contributed by atoms with van der Waals surface area (Å²) in [4.78, 5) is 25.0. The fourth-order valence-corrected chi connectivity index (χ4v) is 2.03. The molecule has 20 heavy (non-hydrogen) atoms. The van der Waals surface area contributed by atoms with Crippen molar-refractivity contribution in [2.75, 3.05) is 33.4 Å². The average molecular weight is 286 g/mol. The van der Waals surface area contributed by atoms with Gasteiger partial charge in [-0.1, -0.05) is 13.8 Å². The van der Waals surface area contributed by atoms with Crippen LogP contribution in [0.25, 0.3) is 0 Å². The fourth-order valence-electron chi connectivity index (χ4n) is 2.03. The summed E-state index contributed by atoms with van der Waals surface area (Å²) in [5.41, 5.74) is 0. The third-order valence-corrected chi connectivity index (χ3v) is 3.19. The van der Waals surface area contributed by atoms with Crippen LogP contribution < -0.4 is 5.32 Å². The number of carbonyl (C=O) groups excluding carboxylic acids is 2. The summed E-state index contributed by atoms with van der Waals surface area (Å²) in [6.45, 7) is 6.17. The Morgan fingerprint density at radius 3 is 2.50 bits per heavy atom. The van der Waals surface area contributed by atoms with Gasteiger partial charge in [0.15, 0.2) is 0 Å². The summed E-state index contributed by atoms with van der Waals surface area (Å²) < 4.78 is 10.1. The van der Waals surface area contributed by atoms with Crippen molar-refractivity contribution >= 4 is 12.0 Å². The number of likely N-dealkylation sites (tertiary alicyclic amines) is 1. The minimum atomic E-state index is -0.247. The number of piperidine rings is 1. The van der Waals surface area contributed by atoms with Gasteiger partial charge in [0.1, 0.15) is 0 Å². The van der Waals surface area contributed by atoms with E-state index in [4.69, 9.17) is 9.47 Å². The number of amides is 2. The van der Waals surface area contributed by atoms with Gasteiger partial charge in [-0.05, 0) is 18.8 Å². The van der Waals surface area contributed by atoms with Crippen molar-refractivity contribution in [3.8, 4) is 0 Å². The Morgan fingerprint density at radius 2 is 1.95 bits per heavy atom. The number of methoxy groups -OCH3 is 1. The third-order valence-electron chi connectivity index (χ3n) is 3.19. The molecule has 1 N–H and O–H groups in total. The van der Waals surface area contributed by atoms with Crippen molar-refractivity contribution < 1.29 is 19.1 Å². The molecule has 0 saturated carbocycles. The maximum Gasteiger partial charge on any atom is 0.409 e. The standard InChI is InChI=1S/C14H26N2O4/c1-11(2)10-20-14(18)16-7-4-12(5-8-16)15-13(17)6-9-19-3/h11-12H,4-10H2,1-3H3,(H,15,17). The first kappa shape index (κ1) is 16.8. The molecule has 0 radical (unpaired) electrons. The molecule has 6 nitrogen and oxygen atoms in total. The van der Waals surface area contributed by atoms with Gasteiger partial charge >= 0.3 is 6.09 Å². The molecular formula is C14H26N2O4. The van der Waals surface area contributed by atoms with Crippen LogP contribution in [0.15, 0.2) is 0 Å². The van der Waals surface area contributed by atoms with Gasteiger partial charge in [-0.25, -0.2) is 4.79 Å². The molecule has 1 saturated heterocycles. The number of nitrogens with zero attached hydrogens (tertiary/aromatic N) is 1. The smallest absolute Gasteiger partial charge is 0.409 e. The summed E-state index contributed by atoms with van der Waals surface area (Å²) in [5, 5.41) is 2.97. The number of hydrogen-bond donors (Lipinski definition) is 1. The molecule has 1 fully saturated rings. The Labute approximate surface area is 120 Å². The van der Waals surface area contributed by atoms with Crippen LogP contribution in [0.3, 0.4) is 0 Å². The fraction of sp³-hybridized carbons (Fsp3) is 0.857. The first-order valence-electron chi connectivity index (χ1n) is 7.23. The topological polar surface area (TPSA) is 67.9 Å². The monoisotopic (exact) mass is 286 g/mol. The molecule has 2 amide bonds. The first-order chi connectivity index (χ1) is 9.52. The van der Waals surface area contributed by atoms with E-state index in [-0.39, 0.29) is 18.0 Å². The molecular weight excluding hydrogens is 260 g/mol. The van der Waals surface area contributed by atoms with Crippen molar-refractivity contribution in [1.29, 1.82) is 0 Å². The zero-order valence-electron chi connectivity index (χ0n) is 12.7. The molecule has 0 atom stereocenters. The number of carbonyl (C=O) groups is 2. The highest BCUT2D eigenvalue weighted by atomic mass is 16.6. The Morgan fingerprint density at radius 1 is 1.30 bits per heavy atom. The summed E-state index contributed by atoms with van der Waals surface area (Å²) in [5.74, 6) is 0.351. The maximum atomic E-state index is 11.8. The maximum absolute atomic E-state index is 11.8. The summed E-state index contributed by atoms with van der Waals surface area (Å²) >= 11 is 0. The second kappa shape index (κ2) is 8.79. The largest absolute Gasteiger partial charge is 0.449 e. The molecule has 6 heteroatoms. The van der Waals surface area contributed by atoms with E-state index < -0.39 is 0 Å². The summed E-state index contributed by atoms with van der Waals surface area (Å²) in [7, 11) is 1.58. The van der Waals surface area contributed by atoms with Crippen molar-refractivity contribution in [3.05, 3.63) is 0 Å². The Bertz CT molecular complexity index is 312. The molecule has 0 unspecified atom stereocenters. The highest BCUT2D eigenvalue weighted by Crippen LogP contribution is 2.12. The minimum Gasteiger partial charge on any atom is -0.449 e. The van der Waals surface area contributed by atoms with E-state index >= 15 is 0 Å². The number of ether oxygens (including phenoxy) is 2. The highest BCUT2D eigenvalue weighted by Gasteiger charge is 2.24. The molecule has 1 aliphatic rings. The van der Waals surface area contributed by atoms with E-state index in [0.29, 0.717) is 38.6 Å². The van der Waals surface area contributed by atoms with E-state index in [9.17, 15) is 9.59 Å². The first-order valence-corrected chi connectivity index (χ1v) is 7.23. The minimum absolute atomic E-state index is 0.00712. The lowest BCUT2D eigenvalue weighted by Gasteiger charge is -2.31. The Hall–Kier alpha value is -1.30. The van der Waals surface area contributed by atoms with Crippen molar-refractivity contribution in [2.45, 2.75) is 39.2 Å². The predicted octanol–water partition coefficient (Wildman–Crippen LogP) is 1.40. The predicted molar refractivity (Wildman–Crippen MR) is 75.4 cm³/mol. The van der Waals surface area contributed by atoms with Crippen molar-refractivity contribution in [1.82, 2.24) is 10.2 Å². The SMILES string of the molecule is COCCC(=O)NC1CCN(C(=O)OCC(C)C)CC1. The van der Waals surface area contributed by atoms with Gasteiger partial charge in [0, 0.05) is 32.7 Å². The molecule has 0 bridgehead atoms. The quantitative estimate of drug-likeness (QED) is 0.801. The Balaban J connectivity index is 2.22. The van der Waals surface area contributed by atoms with E-state index in [1.165, 1.54) is 0 Å². The molecule has 0 spiro atoms. The van der Waals surface area contributed by atoms with Gasteiger partial charge < -0.3 is 19.7 Å². The van der Waals surface area contributed by atoms with Gasteiger partial charge in [-0.3, -0.25) is 4.79 Å². The molecule has 116 valence electrons. The summed E-state index contributed by atoms with van der Waals surface area (Å²) in [6, 6.07) is 0.147. The van der Waals surface area contributed by atoms with Gasteiger partial charge in [0.2, 0.25) is 5.91 Å². The normalized spacial score (nSPS) is 16.3. The van der Waals surface area contributed by atoms with Crippen LogP contribution in [0, 0.1) is 5.92 Å². The second-order valence-electron chi connectivity index (χ2n) is 5.54. The van der Waals surface area contributed by atoms with Crippen molar-refractivity contribution in [3.63, 3.8) is 0 Å². The third kappa shape index (κ3) is 6.23. The van der Waals surface area contributed by atoms with Crippen LogP contribution in [0.2, 0.25) is 0 Å². The molecule has 0 aromatic rings. The van der Waals surface area contributed by atoms with Crippen molar-refractivity contribution in [2.24, 2.45) is 5.92 Å². The Kier molecular flexibility index (Phi) is 7.36. The zero-order chi connectivity index (χ0) is 15.0. The van der Waals surface area contributed by atoms with E-state index in [0.717, 1.165) is 12.8 Å². The van der Waals surface area contributed by atoms with Crippen LogP contribution >= 0.6 is 0 Å². The number of rotatable bonds is 6. The summed E-state index contributed by atoms with van der Waals surface area (Å²) in [6.07, 6.45) is 1.68. The molecule has 1 heterocycles. The second-order valence-corrected chi connectivity index (χ2v) is 5.54. The highest BCUT2D eigenvalue weighted by molar-refractivity contribution is 5.76. The number of nitrogens with one attached hydrogen (secondary N) is 1. The molecule has 1 aliphatic heterocycles. The van der Waals surface area contributed by atoms with Gasteiger partial charge in [-0.15, -0.1) is 0 Å². The lowest BCUT2D eigenvalue weighted by molar-refractivity contribution is -0.122. The van der Waals surface area contributed by atoms with Crippen LogP contribution in [0.1, 0.15) is 33.1 Å². The van der Waals surface area contributed by atoms with Gasteiger partial charge in [0.05, 0.1) is 13.2 Å². The molecule has 0 aliphatic carbocycles. The van der Waals surface area contributed by atoms with Crippen LogP contribution in [0.4, 0.5) is 4.79 Å². The van der Waals surface area contributed by atoms with E-state index in [1.54, 1.807) is 12.0 Å². The van der Waals surface area contributed by atoms with Crippen LogP contribution in [0.5, 0.6) is 0 Å². The number of hydrogen-bond acceptors (Lipinski definition) is 4. The lowest BCUT2D eigenvalue weighted by Crippen LogP contribution is -2.47. The van der Waals surface area contributed by atoms with Crippen LogP contribution in [-0.4, -0.2) is 56.4 Å². The van der Waals surface area contributed by atoms with Crippen LogP contribution in [-0.2, 0) is 14.3 Å². The zero-order valence-corrected chi connectivity index (χ0v) is 12.7.